The van der Waals surface area contributed by atoms with E-state index in [1.54, 1.807) is 0 Å². The molecule has 3 rings (SSSR count). The summed E-state index contributed by atoms with van der Waals surface area (Å²) in [5, 5.41) is 8.91. The van der Waals surface area contributed by atoms with Gasteiger partial charge in [-0.05, 0) is 37.0 Å². The molecule has 0 aromatic heterocycles. The van der Waals surface area contributed by atoms with E-state index in [0.717, 1.165) is 0 Å². The topological polar surface area (TPSA) is 37.3 Å². The van der Waals surface area contributed by atoms with Crippen molar-refractivity contribution in [3.63, 3.8) is 0 Å². The minimum Gasteiger partial charge on any atom is -0.481 e. The Morgan fingerprint density at radius 3 is 1.70 bits per heavy atom. The molecule has 0 aromatic carbocycles. The summed E-state index contributed by atoms with van der Waals surface area (Å²) >= 11 is 0. The van der Waals surface area contributed by atoms with Crippen molar-refractivity contribution in [3.05, 3.63) is 0 Å². The van der Waals surface area contributed by atoms with Crippen molar-refractivity contribution in [3.8, 4) is 0 Å². The van der Waals surface area contributed by atoms with Crippen molar-refractivity contribution in [1.29, 1.82) is 0 Å². The van der Waals surface area contributed by atoms with Crippen LogP contribution in [0.5, 0.6) is 0 Å². The maximum absolute atomic E-state index is 10.8. The highest BCUT2D eigenvalue weighted by atomic mass is 16.5. The molecular weight excluding hydrogens is 129 g/mol. The number of hydrogen-bond donors (Lipinski definition) is 1. The summed E-state index contributed by atoms with van der Waals surface area (Å²) < 4.78 is 0. The van der Waals surface area contributed by atoms with Gasteiger partial charge in [-0.3, -0.25) is 4.79 Å². The SMILES string of the molecule is O=[13C](O)C12C3CC1CC2C3. The quantitative estimate of drug-likeness (QED) is 0.552. The summed E-state index contributed by atoms with van der Waals surface area (Å²) in [5.41, 5.74) is -0.167. The van der Waals surface area contributed by atoms with E-state index in [4.69, 9.17) is 5.11 Å². The first kappa shape index (κ1) is 5.16. The first-order valence-electron chi connectivity index (χ1n) is 3.99. The molecular formula is C8H10O2. The molecule has 3 saturated carbocycles. The number of aliphatic carboxylic acids is 1. The Kier molecular flexibility index (Phi) is 0.582. The van der Waals surface area contributed by atoms with Crippen LogP contribution < -0.4 is 0 Å². The Bertz CT molecular complexity index is 189. The van der Waals surface area contributed by atoms with Crippen molar-refractivity contribution in [2.24, 2.45) is 23.2 Å². The normalized spacial score (nSPS) is 61.0. The third kappa shape index (κ3) is 0.249. The van der Waals surface area contributed by atoms with Crippen molar-refractivity contribution in [2.75, 3.05) is 0 Å². The average Bonchev–Trinajstić information content (AvgIpc) is 1.87. The zero-order valence-electron chi connectivity index (χ0n) is 5.71. The fourth-order valence-corrected chi connectivity index (χ4v) is 3.53. The Morgan fingerprint density at radius 2 is 1.60 bits per heavy atom. The standard InChI is InChI=1S/C8H10O2/c9-7(10)8-4-1-5(8)3-6(8)2-4/h4-6H,1-3H2,(H,9,10)/i7+1. The van der Waals surface area contributed by atoms with E-state index in [0.29, 0.717) is 17.8 Å². The zero-order valence-corrected chi connectivity index (χ0v) is 5.71. The van der Waals surface area contributed by atoms with Gasteiger partial charge < -0.3 is 5.11 Å². The van der Waals surface area contributed by atoms with Crippen LogP contribution in [0.4, 0.5) is 0 Å². The molecule has 0 heterocycles. The van der Waals surface area contributed by atoms with Gasteiger partial charge in [-0.25, -0.2) is 0 Å². The third-order valence-corrected chi connectivity index (χ3v) is 4.10. The van der Waals surface area contributed by atoms with Gasteiger partial charge in [0.05, 0.1) is 5.41 Å². The molecule has 3 aliphatic rings. The zero-order chi connectivity index (χ0) is 6.93. The van der Waals surface area contributed by atoms with Crippen molar-refractivity contribution < 1.29 is 9.90 Å². The van der Waals surface area contributed by atoms with Crippen LogP contribution in [-0.2, 0) is 4.79 Å². The summed E-state index contributed by atoms with van der Waals surface area (Å²) in [7, 11) is 0. The summed E-state index contributed by atoms with van der Waals surface area (Å²) in [5.74, 6) is 1.23. The van der Waals surface area contributed by atoms with E-state index in [1.165, 1.54) is 19.3 Å². The lowest BCUT2D eigenvalue weighted by atomic mass is 9.30. The lowest BCUT2D eigenvalue weighted by molar-refractivity contribution is -0.283. The highest BCUT2D eigenvalue weighted by Crippen LogP contribution is 2.78. The summed E-state index contributed by atoms with van der Waals surface area (Å²) in [6, 6.07) is 0. The predicted octanol–water partition coefficient (Wildman–Crippen LogP) is 1.12. The van der Waals surface area contributed by atoms with Crippen LogP contribution in [0.2, 0.25) is 0 Å². The van der Waals surface area contributed by atoms with E-state index in [9.17, 15) is 4.79 Å². The van der Waals surface area contributed by atoms with Gasteiger partial charge >= 0.3 is 5.97 Å². The van der Waals surface area contributed by atoms with Crippen molar-refractivity contribution in [1.82, 2.24) is 0 Å². The second-order valence-corrected chi connectivity index (χ2v) is 4.04. The van der Waals surface area contributed by atoms with Crippen LogP contribution in [0.3, 0.4) is 0 Å². The Labute approximate surface area is 59.2 Å². The molecule has 0 bridgehead atoms. The monoisotopic (exact) mass is 139 g/mol. The van der Waals surface area contributed by atoms with Gasteiger partial charge in [-0.15, -0.1) is 0 Å². The predicted molar refractivity (Wildman–Crippen MR) is 34.4 cm³/mol. The van der Waals surface area contributed by atoms with E-state index >= 15 is 0 Å². The van der Waals surface area contributed by atoms with Crippen LogP contribution >= 0.6 is 0 Å². The smallest absolute Gasteiger partial charge is 0.310 e. The number of carbonyl (C=O) groups is 1. The summed E-state index contributed by atoms with van der Waals surface area (Å²) in [4.78, 5) is 10.8. The van der Waals surface area contributed by atoms with Crippen LogP contribution in [-0.4, -0.2) is 11.1 Å². The molecule has 0 aliphatic heterocycles. The molecule has 0 unspecified atom stereocenters. The Balaban J connectivity index is 2.01. The van der Waals surface area contributed by atoms with E-state index in [2.05, 4.69) is 0 Å². The summed E-state index contributed by atoms with van der Waals surface area (Å²) in [6.07, 6.45) is 3.63. The molecule has 0 amide bonds. The van der Waals surface area contributed by atoms with Crippen molar-refractivity contribution in [2.45, 2.75) is 19.3 Å². The molecule has 2 nitrogen and oxygen atoms in total. The number of carboxylic acid groups (broad SMARTS) is 1. The minimum absolute atomic E-state index is 0.167. The van der Waals surface area contributed by atoms with Gasteiger partial charge in [-0.2, -0.15) is 0 Å². The third-order valence-electron chi connectivity index (χ3n) is 4.10. The van der Waals surface area contributed by atoms with Gasteiger partial charge in [0.25, 0.3) is 0 Å². The lowest BCUT2D eigenvalue weighted by Crippen LogP contribution is -2.74. The molecule has 0 radical (unpaired) electrons. The fourth-order valence-electron chi connectivity index (χ4n) is 3.53. The van der Waals surface area contributed by atoms with Crippen LogP contribution in [0.25, 0.3) is 0 Å². The second kappa shape index (κ2) is 1.13. The molecule has 0 spiro atoms. The molecule has 2 heteroatoms. The van der Waals surface area contributed by atoms with Gasteiger partial charge in [0.15, 0.2) is 0 Å². The first-order chi connectivity index (χ1) is 4.76. The molecule has 1 N–H and O–H groups in total. The second-order valence-electron chi connectivity index (χ2n) is 4.04. The highest BCUT2D eigenvalue weighted by molar-refractivity contribution is 5.80. The van der Waals surface area contributed by atoms with Gasteiger partial charge in [0.1, 0.15) is 0 Å². The Hall–Kier alpha value is -0.530. The molecule has 0 aromatic rings. The van der Waals surface area contributed by atoms with Gasteiger partial charge in [0, 0.05) is 0 Å². The number of carboxylic acids is 1. The number of hydrogen-bond acceptors (Lipinski definition) is 1. The molecule has 3 aliphatic carbocycles. The fraction of sp³-hybridized carbons (Fsp3) is 0.875. The first-order valence-corrected chi connectivity index (χ1v) is 3.99. The van der Waals surface area contributed by atoms with Gasteiger partial charge in [0.2, 0.25) is 0 Å². The van der Waals surface area contributed by atoms with Crippen LogP contribution in [0, 0.1) is 23.2 Å². The molecule has 0 saturated heterocycles. The van der Waals surface area contributed by atoms with E-state index in [-0.39, 0.29) is 5.41 Å². The minimum atomic E-state index is -0.503. The Morgan fingerprint density at radius 1 is 1.20 bits per heavy atom. The molecule has 10 heavy (non-hydrogen) atoms. The molecule has 0 atom stereocenters. The lowest BCUT2D eigenvalue weighted by Gasteiger charge is -2.75. The summed E-state index contributed by atoms with van der Waals surface area (Å²) in [6.45, 7) is 0. The van der Waals surface area contributed by atoms with Crippen LogP contribution in [0.15, 0.2) is 0 Å². The van der Waals surface area contributed by atoms with Crippen molar-refractivity contribution >= 4 is 5.97 Å². The van der Waals surface area contributed by atoms with E-state index < -0.39 is 5.97 Å². The molecule has 54 valence electrons. The highest BCUT2D eigenvalue weighted by Gasteiger charge is 2.77. The average molecular weight is 139 g/mol. The molecule has 3 fully saturated rings. The maximum Gasteiger partial charge on any atom is 0.310 e. The maximum atomic E-state index is 10.8. The number of rotatable bonds is 1. The largest absolute Gasteiger partial charge is 0.481 e. The van der Waals surface area contributed by atoms with E-state index in [1.807, 2.05) is 0 Å². The van der Waals surface area contributed by atoms with Crippen LogP contribution in [0.1, 0.15) is 19.3 Å². The van der Waals surface area contributed by atoms with Gasteiger partial charge in [-0.1, -0.05) is 0 Å².